The molecule has 0 radical (unpaired) electrons. The first kappa shape index (κ1) is 18.9. The van der Waals surface area contributed by atoms with Crippen LogP contribution in [0.25, 0.3) is 0 Å². The number of fused-ring (bicyclic) bond motifs is 1. The van der Waals surface area contributed by atoms with Crippen LogP contribution in [0.5, 0.6) is 0 Å². The highest BCUT2D eigenvalue weighted by atomic mass is 16.2. The normalized spacial score (nSPS) is 19.0. The molecular weight excluding hydrogens is 328 g/mol. The van der Waals surface area contributed by atoms with Gasteiger partial charge in [0.2, 0.25) is 0 Å². The van der Waals surface area contributed by atoms with Crippen molar-refractivity contribution in [3.05, 3.63) is 29.3 Å². The molecule has 1 unspecified atom stereocenters. The monoisotopic (exact) mass is 358 g/mol. The Bertz CT molecular complexity index is 653. The maximum atomic E-state index is 12.1. The molecule has 26 heavy (non-hydrogen) atoms. The van der Waals surface area contributed by atoms with E-state index in [4.69, 9.17) is 0 Å². The average Bonchev–Trinajstić information content (AvgIpc) is 3.09. The zero-order valence-electron chi connectivity index (χ0n) is 15.9. The minimum Gasteiger partial charge on any atom is -0.348 e. The number of benzene rings is 1. The fourth-order valence-electron chi connectivity index (χ4n) is 3.72. The number of anilines is 1. The van der Waals surface area contributed by atoms with Crippen LogP contribution in [-0.2, 0) is 22.4 Å². The van der Waals surface area contributed by atoms with Gasteiger partial charge in [0.1, 0.15) is 0 Å². The third-order valence-corrected chi connectivity index (χ3v) is 5.34. The number of likely N-dealkylation sites (N-methyl/N-ethyl adjacent to an activating group) is 1. The largest absolute Gasteiger partial charge is 0.348 e. The molecule has 1 aliphatic carbocycles. The summed E-state index contributed by atoms with van der Waals surface area (Å²) < 4.78 is 0. The molecule has 2 aliphatic rings. The Labute approximate surface area is 155 Å². The number of carbonyl (C=O) groups is 2. The maximum Gasteiger partial charge on any atom is 0.313 e. The van der Waals surface area contributed by atoms with Crippen molar-refractivity contribution in [1.82, 2.24) is 15.1 Å². The molecule has 3 rings (SSSR count). The first-order chi connectivity index (χ1) is 12.5. The van der Waals surface area contributed by atoms with E-state index in [2.05, 4.69) is 34.4 Å². The van der Waals surface area contributed by atoms with Gasteiger partial charge in [-0.15, -0.1) is 0 Å². The smallest absolute Gasteiger partial charge is 0.313 e. The van der Waals surface area contributed by atoms with E-state index < -0.39 is 11.8 Å². The summed E-state index contributed by atoms with van der Waals surface area (Å²) in [5, 5.41) is 5.48. The van der Waals surface area contributed by atoms with Gasteiger partial charge in [0.25, 0.3) is 0 Å². The van der Waals surface area contributed by atoms with Crippen molar-refractivity contribution in [3.63, 3.8) is 0 Å². The minimum absolute atomic E-state index is 0.315. The van der Waals surface area contributed by atoms with Crippen LogP contribution in [0.4, 0.5) is 5.69 Å². The Balaban J connectivity index is 1.40. The van der Waals surface area contributed by atoms with Gasteiger partial charge in [-0.2, -0.15) is 0 Å². The van der Waals surface area contributed by atoms with E-state index in [1.165, 1.54) is 17.5 Å². The zero-order chi connectivity index (χ0) is 18.5. The lowest BCUT2D eigenvalue weighted by Gasteiger charge is -2.33. The van der Waals surface area contributed by atoms with E-state index >= 15 is 0 Å². The highest BCUT2D eigenvalue weighted by molar-refractivity contribution is 6.39. The summed E-state index contributed by atoms with van der Waals surface area (Å²) in [7, 11) is 2.14. The van der Waals surface area contributed by atoms with E-state index in [0.717, 1.165) is 45.6 Å². The molecule has 1 atom stereocenters. The second-order valence-corrected chi connectivity index (χ2v) is 7.71. The summed E-state index contributed by atoms with van der Waals surface area (Å²) in [6.07, 6.45) is 3.32. The summed E-state index contributed by atoms with van der Waals surface area (Å²) in [4.78, 5) is 28.9. The second-order valence-electron chi connectivity index (χ2n) is 7.71. The molecule has 1 saturated heterocycles. The van der Waals surface area contributed by atoms with Gasteiger partial charge in [-0.25, -0.2) is 0 Å². The van der Waals surface area contributed by atoms with Gasteiger partial charge in [-0.05, 0) is 55.5 Å². The van der Waals surface area contributed by atoms with Crippen molar-refractivity contribution in [2.75, 3.05) is 51.6 Å². The molecule has 0 spiro atoms. The number of nitrogens with one attached hydrogen (secondary N) is 2. The molecule has 1 fully saturated rings. The Morgan fingerprint density at radius 1 is 1.08 bits per heavy atom. The van der Waals surface area contributed by atoms with Crippen molar-refractivity contribution in [1.29, 1.82) is 0 Å². The maximum absolute atomic E-state index is 12.1. The predicted molar refractivity (Wildman–Crippen MR) is 103 cm³/mol. The summed E-state index contributed by atoms with van der Waals surface area (Å²) in [5.41, 5.74) is 3.34. The van der Waals surface area contributed by atoms with Crippen LogP contribution in [0.1, 0.15) is 24.5 Å². The summed E-state index contributed by atoms with van der Waals surface area (Å²) in [5.74, 6) is -0.833. The van der Waals surface area contributed by atoms with E-state index in [9.17, 15) is 9.59 Å². The standard InChI is InChI=1S/C20H30N4O2/c1-15(14-24-10-8-23(2)9-11-24)13-21-19(25)20(26)22-18-7-6-16-4-3-5-17(16)12-18/h6-7,12,15H,3-5,8-11,13-14H2,1-2H3,(H,21,25)(H,22,26). The van der Waals surface area contributed by atoms with Crippen LogP contribution in [-0.4, -0.2) is 67.9 Å². The molecule has 2 amide bonds. The Hall–Kier alpha value is -1.92. The van der Waals surface area contributed by atoms with Gasteiger partial charge < -0.3 is 20.4 Å². The third kappa shape index (κ3) is 5.05. The number of nitrogens with zero attached hydrogens (tertiary/aromatic N) is 2. The van der Waals surface area contributed by atoms with Crippen LogP contribution in [0.15, 0.2) is 18.2 Å². The van der Waals surface area contributed by atoms with Crippen molar-refractivity contribution in [3.8, 4) is 0 Å². The molecule has 0 aromatic heterocycles. The van der Waals surface area contributed by atoms with E-state index in [1.54, 1.807) is 0 Å². The van der Waals surface area contributed by atoms with Crippen LogP contribution in [0.2, 0.25) is 0 Å². The molecule has 0 bridgehead atoms. The average molecular weight is 358 g/mol. The lowest BCUT2D eigenvalue weighted by atomic mass is 10.1. The number of carbonyl (C=O) groups excluding carboxylic acids is 2. The fourth-order valence-corrected chi connectivity index (χ4v) is 3.72. The molecule has 6 heteroatoms. The highest BCUT2D eigenvalue weighted by Crippen LogP contribution is 2.24. The lowest BCUT2D eigenvalue weighted by Crippen LogP contribution is -2.47. The number of amides is 2. The van der Waals surface area contributed by atoms with E-state index in [1.807, 2.05) is 18.2 Å². The van der Waals surface area contributed by atoms with Crippen molar-refractivity contribution in [2.45, 2.75) is 26.2 Å². The number of hydrogen-bond donors (Lipinski definition) is 2. The molecule has 1 heterocycles. The second kappa shape index (κ2) is 8.64. The van der Waals surface area contributed by atoms with Crippen molar-refractivity contribution in [2.24, 2.45) is 5.92 Å². The predicted octanol–water partition coefficient (Wildman–Crippen LogP) is 1.11. The molecule has 1 aromatic rings. The van der Waals surface area contributed by atoms with Crippen LogP contribution in [0.3, 0.4) is 0 Å². The van der Waals surface area contributed by atoms with Gasteiger partial charge in [-0.1, -0.05) is 13.0 Å². The SMILES string of the molecule is CC(CNC(=O)C(=O)Nc1ccc2c(c1)CCC2)CN1CCN(C)CC1. The molecular formula is C20H30N4O2. The molecule has 142 valence electrons. The Morgan fingerprint density at radius 3 is 2.58 bits per heavy atom. The third-order valence-electron chi connectivity index (χ3n) is 5.34. The lowest BCUT2D eigenvalue weighted by molar-refractivity contribution is -0.136. The van der Waals surface area contributed by atoms with E-state index in [-0.39, 0.29) is 0 Å². The topological polar surface area (TPSA) is 64.7 Å². The Morgan fingerprint density at radius 2 is 1.81 bits per heavy atom. The number of aryl methyl sites for hydroxylation is 2. The molecule has 1 aliphatic heterocycles. The fraction of sp³-hybridized carbons (Fsp3) is 0.600. The summed E-state index contributed by atoms with van der Waals surface area (Å²) in [6, 6.07) is 5.92. The first-order valence-corrected chi connectivity index (χ1v) is 9.63. The Kier molecular flexibility index (Phi) is 6.27. The van der Waals surface area contributed by atoms with Crippen molar-refractivity contribution >= 4 is 17.5 Å². The van der Waals surface area contributed by atoms with Crippen LogP contribution >= 0.6 is 0 Å². The van der Waals surface area contributed by atoms with E-state index in [0.29, 0.717) is 18.2 Å². The van der Waals surface area contributed by atoms with Gasteiger partial charge in [0.05, 0.1) is 0 Å². The quantitative estimate of drug-likeness (QED) is 0.774. The molecule has 0 saturated carbocycles. The van der Waals surface area contributed by atoms with Gasteiger partial charge >= 0.3 is 11.8 Å². The van der Waals surface area contributed by atoms with Gasteiger partial charge in [-0.3, -0.25) is 9.59 Å². The minimum atomic E-state index is -0.588. The van der Waals surface area contributed by atoms with Gasteiger partial charge in [0.15, 0.2) is 0 Å². The summed E-state index contributed by atoms with van der Waals surface area (Å²) in [6.45, 7) is 7.87. The van der Waals surface area contributed by atoms with Crippen LogP contribution < -0.4 is 10.6 Å². The molecule has 6 nitrogen and oxygen atoms in total. The summed E-state index contributed by atoms with van der Waals surface area (Å²) >= 11 is 0. The zero-order valence-corrected chi connectivity index (χ0v) is 15.9. The number of hydrogen-bond acceptors (Lipinski definition) is 4. The van der Waals surface area contributed by atoms with Gasteiger partial charge in [0, 0.05) is 45.0 Å². The van der Waals surface area contributed by atoms with Crippen LogP contribution in [0, 0.1) is 5.92 Å². The number of rotatable bonds is 5. The molecule has 2 N–H and O–H groups in total. The number of piperazine rings is 1. The first-order valence-electron chi connectivity index (χ1n) is 9.63. The highest BCUT2D eigenvalue weighted by Gasteiger charge is 2.19. The molecule has 1 aromatic carbocycles. The van der Waals surface area contributed by atoms with Crippen molar-refractivity contribution < 1.29 is 9.59 Å².